The fourth-order valence-corrected chi connectivity index (χ4v) is 9.96. The van der Waals surface area contributed by atoms with Gasteiger partial charge >= 0.3 is 17.3 Å². The molecule has 0 aliphatic carbocycles. The van der Waals surface area contributed by atoms with Crippen LogP contribution in [0.1, 0.15) is 91.5 Å². The maximum absolute atomic E-state index is 16.5. The summed E-state index contributed by atoms with van der Waals surface area (Å²) in [5, 5.41) is 29.2. The molecule has 17 nitrogen and oxygen atoms in total. The minimum Gasteiger partial charge on any atom is -0.508 e. The molecule has 2 aliphatic rings. The van der Waals surface area contributed by atoms with E-state index in [9.17, 15) is 29.4 Å². The molecule has 2 amide bonds. The van der Waals surface area contributed by atoms with Crippen LogP contribution in [0.15, 0.2) is 52.2 Å². The third-order valence-electron chi connectivity index (χ3n) is 14.0. The number of aromatic nitrogens is 5. The second-order valence-corrected chi connectivity index (χ2v) is 30.9. The first-order valence-electron chi connectivity index (χ1n) is 23.2. The molecule has 22 heteroatoms. The molecule has 378 valence electrons. The number of phenolic OH excluding ortho intramolecular Hbond substituents is 2. The number of aromatic hydroxyl groups is 2. The average molecular weight is 1000 g/mol. The van der Waals surface area contributed by atoms with Gasteiger partial charge in [-0.3, -0.25) is 19.1 Å². The van der Waals surface area contributed by atoms with Crippen molar-refractivity contribution in [3.05, 3.63) is 80.5 Å². The van der Waals surface area contributed by atoms with Crippen LogP contribution in [-0.4, -0.2) is 124 Å². The number of carbonyl (C=O) groups excluding carboxylic acids is 2. The van der Waals surface area contributed by atoms with E-state index in [1.807, 2.05) is 86.5 Å². The van der Waals surface area contributed by atoms with Crippen LogP contribution in [0.5, 0.6) is 11.5 Å². The molecule has 0 spiro atoms. The van der Waals surface area contributed by atoms with Crippen LogP contribution in [0.25, 0.3) is 17.1 Å². The number of hydrogen-bond acceptors (Lipinski definition) is 12. The number of H-pyrrole nitrogens is 1. The Labute approximate surface area is 402 Å². The Morgan fingerprint density at radius 3 is 2.19 bits per heavy atom. The van der Waals surface area contributed by atoms with E-state index in [0.29, 0.717) is 41.9 Å². The van der Waals surface area contributed by atoms with Gasteiger partial charge in [0.1, 0.15) is 35.3 Å². The molecule has 2 saturated heterocycles. The van der Waals surface area contributed by atoms with Gasteiger partial charge < -0.3 is 34.0 Å². The summed E-state index contributed by atoms with van der Waals surface area (Å²) in [4.78, 5) is 59.7. The summed E-state index contributed by atoms with van der Waals surface area (Å²) in [6.45, 7) is 25.0. The Balaban J connectivity index is 1.03. The third-order valence-corrected chi connectivity index (χ3v) is 23.0. The van der Waals surface area contributed by atoms with E-state index in [4.69, 9.17) is 13.6 Å². The van der Waals surface area contributed by atoms with Crippen LogP contribution >= 0.6 is 0 Å². The number of nitrogens with one attached hydrogen (secondary N) is 2. The number of aromatic amines is 1. The predicted molar refractivity (Wildman–Crippen MR) is 259 cm³/mol. The smallest absolute Gasteiger partial charge is 0.351 e. The normalized spacial score (nSPS) is 19.4. The van der Waals surface area contributed by atoms with E-state index in [-0.39, 0.29) is 77.2 Å². The van der Waals surface area contributed by atoms with E-state index in [2.05, 4.69) is 20.5 Å². The number of benzene rings is 2. The van der Waals surface area contributed by atoms with Crippen LogP contribution in [0, 0.1) is 5.82 Å². The minimum atomic E-state index is -3.65. The van der Waals surface area contributed by atoms with Gasteiger partial charge in [-0.05, 0) is 72.0 Å². The second-order valence-electron chi connectivity index (χ2n) is 21.3. The Morgan fingerprint density at radius 2 is 1.59 bits per heavy atom. The summed E-state index contributed by atoms with van der Waals surface area (Å²) >= 11 is 0. The molecular formula is C47H67F3N8O9Si2. The van der Waals surface area contributed by atoms with E-state index < -0.39 is 69.1 Å². The van der Waals surface area contributed by atoms with Crippen molar-refractivity contribution in [2.24, 2.45) is 0 Å². The summed E-state index contributed by atoms with van der Waals surface area (Å²) in [6.07, 6.45) is -4.22. The molecule has 2 aromatic heterocycles. The highest BCUT2D eigenvalue weighted by molar-refractivity contribution is 6.74. The summed E-state index contributed by atoms with van der Waals surface area (Å²) in [6, 6.07) is 8.26. The first-order valence-corrected chi connectivity index (χ1v) is 29.0. The molecule has 4 aromatic rings. The molecule has 6 rings (SSSR count). The quantitative estimate of drug-likeness (QED) is 0.0857. The number of hydrogen-bond donors (Lipinski definition) is 4. The van der Waals surface area contributed by atoms with Crippen LogP contribution in [0.4, 0.5) is 19.0 Å². The van der Waals surface area contributed by atoms with Crippen LogP contribution in [-0.2, 0) is 29.7 Å². The van der Waals surface area contributed by atoms with Gasteiger partial charge in [0.05, 0.1) is 17.9 Å². The highest BCUT2D eigenvalue weighted by Crippen LogP contribution is 2.49. The number of nitrogens with zero attached hydrogens (tertiary/aromatic N) is 6. The Kier molecular flexibility index (Phi) is 15.4. The molecule has 0 bridgehead atoms. The third kappa shape index (κ3) is 11.6. The van der Waals surface area contributed by atoms with Crippen molar-refractivity contribution in [2.45, 2.75) is 141 Å². The summed E-state index contributed by atoms with van der Waals surface area (Å²) in [5.41, 5.74) is -0.498. The van der Waals surface area contributed by atoms with Gasteiger partial charge in [0.15, 0.2) is 22.5 Å². The first kappa shape index (κ1) is 53.2. The van der Waals surface area contributed by atoms with Crippen molar-refractivity contribution < 1.29 is 46.6 Å². The zero-order chi connectivity index (χ0) is 51.2. The van der Waals surface area contributed by atoms with Gasteiger partial charge in [-0.25, -0.2) is 23.6 Å². The molecule has 0 saturated carbocycles. The van der Waals surface area contributed by atoms with Crippen molar-refractivity contribution >= 4 is 34.3 Å². The number of ether oxygens (including phenoxy) is 1. The first-order chi connectivity index (χ1) is 31.9. The van der Waals surface area contributed by atoms with Crippen LogP contribution < -0.4 is 16.7 Å². The summed E-state index contributed by atoms with van der Waals surface area (Å²) in [5.74, 6) is -5.78. The molecule has 0 radical (unpaired) electrons. The lowest BCUT2D eigenvalue weighted by atomic mass is 9.98. The number of carbonyl (C=O) groups is 2. The van der Waals surface area contributed by atoms with E-state index in [0.717, 1.165) is 10.8 Å². The SMILES string of the molecule is CC(C)c1cc(-c2n[nH]c(=O)n2-c2ccc(CN3CCN(C(=O)CCC(=O)Nc4ccn([C@@H]5O[C@H](CO[Si](C)(C)C(C)(C)C)[C@@H](O[Si](C)(C)C(C)(C)C)C5(F)F)c(=O)n4)CC3)c(F)c2)c(O)cc1O. The van der Waals surface area contributed by atoms with Gasteiger partial charge in [-0.1, -0.05) is 61.5 Å². The molecule has 3 atom stereocenters. The highest BCUT2D eigenvalue weighted by Gasteiger charge is 2.63. The summed E-state index contributed by atoms with van der Waals surface area (Å²) < 4.78 is 69.1. The van der Waals surface area contributed by atoms with Crippen molar-refractivity contribution in [3.63, 3.8) is 0 Å². The lowest BCUT2D eigenvalue weighted by Crippen LogP contribution is -2.53. The van der Waals surface area contributed by atoms with Gasteiger partial charge in [0.25, 0.3) is 0 Å². The molecular weight excluding hydrogens is 934 g/mol. The number of rotatable bonds is 15. The van der Waals surface area contributed by atoms with E-state index >= 15 is 13.2 Å². The summed E-state index contributed by atoms with van der Waals surface area (Å²) in [7, 11) is -5.16. The maximum Gasteiger partial charge on any atom is 0.351 e. The number of piperazine rings is 1. The van der Waals surface area contributed by atoms with Crippen molar-refractivity contribution in [2.75, 3.05) is 38.1 Å². The average Bonchev–Trinajstić information content (AvgIpc) is 3.73. The fourth-order valence-electron chi connectivity index (χ4n) is 7.65. The molecule has 4 heterocycles. The molecule has 4 N–H and O–H groups in total. The molecule has 2 aromatic carbocycles. The lowest BCUT2D eigenvalue weighted by molar-refractivity contribution is -0.138. The minimum absolute atomic E-state index is 0.0367. The molecule has 2 fully saturated rings. The zero-order valence-electron chi connectivity index (χ0n) is 41.6. The van der Waals surface area contributed by atoms with Gasteiger partial charge in [0.2, 0.25) is 18.0 Å². The Morgan fingerprint density at radius 1 is 0.942 bits per heavy atom. The predicted octanol–water partition coefficient (Wildman–Crippen LogP) is 7.47. The van der Waals surface area contributed by atoms with Crippen molar-refractivity contribution in [3.8, 4) is 28.6 Å². The Hall–Kier alpha value is -5.14. The maximum atomic E-state index is 16.5. The van der Waals surface area contributed by atoms with Gasteiger partial charge in [-0.2, -0.15) is 18.9 Å². The van der Waals surface area contributed by atoms with Crippen LogP contribution in [0.2, 0.25) is 36.3 Å². The second kappa shape index (κ2) is 19.9. The van der Waals surface area contributed by atoms with E-state index in [1.165, 1.54) is 24.3 Å². The number of phenols is 2. The zero-order valence-corrected chi connectivity index (χ0v) is 43.6. The number of halogens is 3. The van der Waals surface area contributed by atoms with Gasteiger partial charge in [-0.15, -0.1) is 0 Å². The topological polar surface area (TPSA) is 206 Å². The van der Waals surface area contributed by atoms with Crippen molar-refractivity contribution in [1.82, 2.24) is 34.1 Å². The number of amides is 2. The van der Waals surface area contributed by atoms with Crippen molar-refractivity contribution in [1.29, 1.82) is 0 Å². The molecule has 69 heavy (non-hydrogen) atoms. The number of alkyl halides is 2. The lowest BCUT2D eigenvalue weighted by Gasteiger charge is -2.41. The van der Waals surface area contributed by atoms with E-state index in [1.54, 1.807) is 17.0 Å². The monoisotopic (exact) mass is 1000 g/mol. The number of anilines is 1. The van der Waals surface area contributed by atoms with Gasteiger partial charge in [0, 0.05) is 63.4 Å². The molecule has 2 aliphatic heterocycles. The highest BCUT2D eigenvalue weighted by atomic mass is 28.4. The Bertz CT molecular complexity index is 2650. The fraction of sp³-hybridized carbons (Fsp3) is 0.574. The molecule has 0 unspecified atom stereocenters. The van der Waals surface area contributed by atoms with Crippen LogP contribution in [0.3, 0.4) is 0 Å². The standard InChI is InChI=1S/C47H67F3N8O9Si2/c1-28(2)31-24-32(35(60)25-34(31)59)41-53-54-44(64)58(41)30-14-13-29(33(48)23-30)26-55-19-21-56(22-20-55)39(62)16-15-38(61)51-37-17-18-57(43(63)52-37)42-47(49,50)40(67-69(11,12)46(6,7)8)36(66-42)27-65-68(9,10)45(3,4)5/h13-14,17-18,23-25,28,36,40,42,59-60H,15-16,19-22,26-27H2,1-12H3,(H,54,64)(H,51,52,61,63)/t36-,40-,42-/m1/s1. The largest absolute Gasteiger partial charge is 0.508 e.